The van der Waals surface area contributed by atoms with Crippen LogP contribution < -0.4 is 10.2 Å². The second-order valence-corrected chi connectivity index (χ2v) is 4.96. The summed E-state index contributed by atoms with van der Waals surface area (Å²) in [7, 11) is 1.97. The van der Waals surface area contributed by atoms with E-state index in [0.717, 1.165) is 18.8 Å². The largest absolute Gasteiger partial charge is 0.377 e. The molecular formula is C16H24N4. The molecule has 0 aliphatic heterocycles. The minimum Gasteiger partial charge on any atom is -0.377 e. The van der Waals surface area contributed by atoms with E-state index in [1.165, 1.54) is 11.4 Å². The average Bonchev–Trinajstić information content (AvgIpc) is 2.88. The van der Waals surface area contributed by atoms with Crippen molar-refractivity contribution in [2.45, 2.75) is 26.8 Å². The summed E-state index contributed by atoms with van der Waals surface area (Å²) in [6.07, 6.45) is 1.83. The fourth-order valence-electron chi connectivity index (χ4n) is 2.49. The molecule has 0 bridgehead atoms. The van der Waals surface area contributed by atoms with Gasteiger partial charge in [-0.1, -0.05) is 0 Å². The molecule has 108 valence electrons. The predicted molar refractivity (Wildman–Crippen MR) is 85.2 cm³/mol. The summed E-state index contributed by atoms with van der Waals surface area (Å²) in [4.78, 5) is 2.34. The molecule has 1 aromatic carbocycles. The maximum atomic E-state index is 4.21. The van der Waals surface area contributed by atoms with Crippen LogP contribution in [0.3, 0.4) is 0 Å². The van der Waals surface area contributed by atoms with Crippen LogP contribution in [0.5, 0.6) is 0 Å². The second-order valence-electron chi connectivity index (χ2n) is 4.96. The lowest BCUT2D eigenvalue weighted by Gasteiger charge is -2.22. The molecule has 4 heteroatoms. The lowest BCUT2D eigenvalue weighted by Crippen LogP contribution is -2.21. The normalized spacial score (nSPS) is 12.2. The van der Waals surface area contributed by atoms with Crippen LogP contribution in [0.15, 0.2) is 36.5 Å². The van der Waals surface area contributed by atoms with E-state index in [-0.39, 0.29) is 6.04 Å². The summed E-state index contributed by atoms with van der Waals surface area (Å²) < 4.78 is 1.90. The number of rotatable bonds is 6. The SMILES string of the molecule is CCN(CC)c1ccc(NC(C)c2ccnn2C)cc1. The fraction of sp³-hybridized carbons (Fsp3) is 0.438. The Balaban J connectivity index is 2.06. The molecule has 0 radical (unpaired) electrons. The Morgan fingerprint density at radius 1 is 1.15 bits per heavy atom. The molecule has 2 aromatic rings. The van der Waals surface area contributed by atoms with Crippen LogP contribution in [0.1, 0.15) is 32.5 Å². The van der Waals surface area contributed by atoms with Crippen molar-refractivity contribution in [3.63, 3.8) is 0 Å². The number of anilines is 2. The van der Waals surface area contributed by atoms with E-state index >= 15 is 0 Å². The van der Waals surface area contributed by atoms with Crippen molar-refractivity contribution < 1.29 is 0 Å². The molecule has 0 spiro atoms. The van der Waals surface area contributed by atoms with E-state index < -0.39 is 0 Å². The number of aromatic nitrogens is 2. The van der Waals surface area contributed by atoms with Gasteiger partial charge in [0.05, 0.1) is 11.7 Å². The van der Waals surface area contributed by atoms with E-state index in [2.05, 4.69) is 60.4 Å². The highest BCUT2D eigenvalue weighted by Crippen LogP contribution is 2.22. The minimum absolute atomic E-state index is 0.238. The summed E-state index contributed by atoms with van der Waals surface area (Å²) in [6.45, 7) is 8.58. The molecule has 1 N–H and O–H groups in total. The first-order chi connectivity index (χ1) is 9.65. The quantitative estimate of drug-likeness (QED) is 0.874. The number of benzene rings is 1. The molecule has 0 fully saturated rings. The highest BCUT2D eigenvalue weighted by atomic mass is 15.3. The van der Waals surface area contributed by atoms with E-state index in [9.17, 15) is 0 Å². The third kappa shape index (κ3) is 3.13. The Kier molecular flexibility index (Phi) is 4.66. The second kappa shape index (κ2) is 6.46. The third-order valence-corrected chi connectivity index (χ3v) is 3.68. The maximum Gasteiger partial charge on any atom is 0.0653 e. The molecule has 1 aromatic heterocycles. The standard InChI is InChI=1S/C16H24N4/c1-5-20(6-2)15-9-7-14(8-10-15)18-13(3)16-11-12-17-19(16)4/h7-13,18H,5-6H2,1-4H3. The van der Waals surface area contributed by atoms with E-state index in [0.29, 0.717) is 0 Å². The fourth-order valence-corrected chi connectivity index (χ4v) is 2.49. The van der Waals surface area contributed by atoms with Gasteiger partial charge in [-0.25, -0.2) is 0 Å². The van der Waals surface area contributed by atoms with Crippen LogP contribution in [0, 0.1) is 0 Å². The zero-order chi connectivity index (χ0) is 14.5. The molecule has 4 nitrogen and oxygen atoms in total. The summed E-state index contributed by atoms with van der Waals surface area (Å²) in [6, 6.07) is 10.9. The Bertz CT molecular complexity index is 526. The summed E-state index contributed by atoms with van der Waals surface area (Å²) in [5.41, 5.74) is 3.58. The molecule has 0 aliphatic carbocycles. The topological polar surface area (TPSA) is 33.1 Å². The molecule has 0 amide bonds. The molecule has 0 saturated carbocycles. The highest BCUT2D eigenvalue weighted by molar-refractivity contribution is 5.55. The van der Waals surface area contributed by atoms with Crippen molar-refractivity contribution in [3.05, 3.63) is 42.2 Å². The summed E-state index contributed by atoms with van der Waals surface area (Å²) >= 11 is 0. The van der Waals surface area contributed by atoms with Gasteiger partial charge in [-0.15, -0.1) is 0 Å². The number of aryl methyl sites for hydroxylation is 1. The summed E-state index contributed by atoms with van der Waals surface area (Å²) in [5, 5.41) is 7.72. The van der Waals surface area contributed by atoms with Crippen molar-refractivity contribution in [2.75, 3.05) is 23.3 Å². The molecule has 20 heavy (non-hydrogen) atoms. The summed E-state index contributed by atoms with van der Waals surface area (Å²) in [5.74, 6) is 0. The van der Waals surface area contributed by atoms with Crippen LogP contribution in [0.25, 0.3) is 0 Å². The van der Waals surface area contributed by atoms with Gasteiger partial charge in [-0.05, 0) is 51.1 Å². The lowest BCUT2D eigenvalue weighted by atomic mass is 10.2. The Hall–Kier alpha value is -1.97. The van der Waals surface area contributed by atoms with Crippen LogP contribution in [0.2, 0.25) is 0 Å². The molecular weight excluding hydrogens is 248 g/mol. The third-order valence-electron chi connectivity index (χ3n) is 3.68. The highest BCUT2D eigenvalue weighted by Gasteiger charge is 2.09. The van der Waals surface area contributed by atoms with E-state index in [4.69, 9.17) is 0 Å². The average molecular weight is 272 g/mol. The first kappa shape index (κ1) is 14.4. The van der Waals surface area contributed by atoms with Crippen molar-refractivity contribution in [1.29, 1.82) is 0 Å². The van der Waals surface area contributed by atoms with Crippen molar-refractivity contribution >= 4 is 11.4 Å². The van der Waals surface area contributed by atoms with Gasteiger partial charge in [0, 0.05) is 37.7 Å². The lowest BCUT2D eigenvalue weighted by molar-refractivity contribution is 0.676. The van der Waals surface area contributed by atoms with Crippen LogP contribution in [-0.2, 0) is 7.05 Å². The number of nitrogens with one attached hydrogen (secondary N) is 1. The monoisotopic (exact) mass is 272 g/mol. The van der Waals surface area contributed by atoms with Crippen molar-refractivity contribution in [2.24, 2.45) is 7.05 Å². The van der Waals surface area contributed by atoms with Gasteiger partial charge in [0.2, 0.25) is 0 Å². The Morgan fingerprint density at radius 2 is 1.80 bits per heavy atom. The van der Waals surface area contributed by atoms with Crippen molar-refractivity contribution in [1.82, 2.24) is 9.78 Å². The zero-order valence-electron chi connectivity index (χ0n) is 12.8. The van der Waals surface area contributed by atoms with Gasteiger partial charge < -0.3 is 10.2 Å². The first-order valence-electron chi connectivity index (χ1n) is 7.25. The number of nitrogens with zero attached hydrogens (tertiary/aromatic N) is 3. The molecule has 1 unspecified atom stereocenters. The van der Waals surface area contributed by atoms with E-state index in [1.807, 2.05) is 24.0 Å². The zero-order valence-corrected chi connectivity index (χ0v) is 12.8. The Morgan fingerprint density at radius 3 is 2.30 bits per heavy atom. The van der Waals surface area contributed by atoms with Gasteiger partial charge in [-0.3, -0.25) is 4.68 Å². The molecule has 2 rings (SSSR count). The van der Waals surface area contributed by atoms with Crippen LogP contribution in [0.4, 0.5) is 11.4 Å². The molecule has 0 aliphatic rings. The Labute approximate surface area is 121 Å². The molecule has 1 atom stereocenters. The minimum atomic E-state index is 0.238. The van der Waals surface area contributed by atoms with E-state index in [1.54, 1.807) is 0 Å². The van der Waals surface area contributed by atoms with Crippen molar-refractivity contribution in [3.8, 4) is 0 Å². The van der Waals surface area contributed by atoms with Gasteiger partial charge in [0.1, 0.15) is 0 Å². The van der Waals surface area contributed by atoms with Gasteiger partial charge in [0.25, 0.3) is 0 Å². The van der Waals surface area contributed by atoms with Crippen LogP contribution >= 0.6 is 0 Å². The van der Waals surface area contributed by atoms with Crippen LogP contribution in [-0.4, -0.2) is 22.9 Å². The van der Waals surface area contributed by atoms with Gasteiger partial charge in [-0.2, -0.15) is 5.10 Å². The molecule has 1 heterocycles. The predicted octanol–water partition coefficient (Wildman–Crippen LogP) is 3.44. The maximum absolute atomic E-state index is 4.21. The number of hydrogen-bond acceptors (Lipinski definition) is 3. The first-order valence-corrected chi connectivity index (χ1v) is 7.25. The molecule has 0 saturated heterocycles. The number of hydrogen-bond donors (Lipinski definition) is 1. The van der Waals surface area contributed by atoms with Gasteiger partial charge >= 0.3 is 0 Å². The smallest absolute Gasteiger partial charge is 0.0653 e. The van der Waals surface area contributed by atoms with Gasteiger partial charge in [0.15, 0.2) is 0 Å².